The molecule has 0 atom stereocenters. The highest BCUT2D eigenvalue weighted by atomic mass is 35.5. The second kappa shape index (κ2) is 5.66. The molecular formula is C19H17ClN2. The molecule has 3 heteroatoms. The third kappa shape index (κ3) is 2.58. The number of benzene rings is 1. The molecule has 2 heterocycles. The molecular weight excluding hydrogens is 292 g/mol. The Bertz CT molecular complexity index is 892. The van der Waals surface area contributed by atoms with Gasteiger partial charge in [-0.15, -0.1) is 0 Å². The van der Waals surface area contributed by atoms with E-state index < -0.39 is 0 Å². The third-order valence-electron chi connectivity index (χ3n) is 4.44. The first-order valence-corrected chi connectivity index (χ1v) is 8.26. The number of hydrogen-bond acceptors (Lipinski definition) is 1. The van der Waals surface area contributed by atoms with Gasteiger partial charge in [0.15, 0.2) is 0 Å². The summed E-state index contributed by atoms with van der Waals surface area (Å²) in [5, 5.41) is 2.86. The zero-order valence-electron chi connectivity index (χ0n) is 12.3. The zero-order valence-corrected chi connectivity index (χ0v) is 13.1. The summed E-state index contributed by atoms with van der Waals surface area (Å²) in [4.78, 5) is 7.66. The van der Waals surface area contributed by atoms with E-state index in [1.54, 1.807) is 6.20 Å². The molecule has 1 N–H and O–H groups in total. The Morgan fingerprint density at radius 1 is 1.09 bits per heavy atom. The van der Waals surface area contributed by atoms with Crippen LogP contribution in [-0.2, 0) is 0 Å². The molecule has 1 aliphatic carbocycles. The lowest BCUT2D eigenvalue weighted by Gasteiger charge is -2.15. The number of hydrogen-bond donors (Lipinski definition) is 1. The molecule has 110 valence electrons. The van der Waals surface area contributed by atoms with E-state index in [1.807, 2.05) is 6.07 Å². The molecule has 0 amide bonds. The quantitative estimate of drug-likeness (QED) is 0.561. The van der Waals surface area contributed by atoms with Crippen molar-refractivity contribution in [3.8, 4) is 11.8 Å². The Morgan fingerprint density at radius 2 is 1.95 bits per heavy atom. The van der Waals surface area contributed by atoms with E-state index in [1.165, 1.54) is 32.1 Å². The van der Waals surface area contributed by atoms with Gasteiger partial charge in [0.2, 0.25) is 0 Å². The first-order chi connectivity index (χ1) is 10.8. The Kier molecular flexibility index (Phi) is 3.52. The summed E-state index contributed by atoms with van der Waals surface area (Å²) in [5.41, 5.74) is 3.02. The van der Waals surface area contributed by atoms with Crippen LogP contribution in [0.2, 0.25) is 5.02 Å². The van der Waals surface area contributed by atoms with Gasteiger partial charge in [0.05, 0.1) is 5.02 Å². The van der Waals surface area contributed by atoms with Crippen LogP contribution in [0.15, 0.2) is 30.5 Å². The van der Waals surface area contributed by atoms with Gasteiger partial charge in [0, 0.05) is 34.0 Å². The number of fused-ring (bicyclic) bond motifs is 3. The summed E-state index contributed by atoms with van der Waals surface area (Å²) in [6.45, 7) is 0. The molecule has 0 unspecified atom stereocenters. The summed E-state index contributed by atoms with van der Waals surface area (Å²) in [7, 11) is 0. The number of nitrogens with zero attached hydrogens (tertiary/aromatic N) is 1. The van der Waals surface area contributed by atoms with Gasteiger partial charge in [-0.25, -0.2) is 4.98 Å². The average molecular weight is 309 g/mol. The molecule has 1 aromatic carbocycles. The van der Waals surface area contributed by atoms with Crippen LogP contribution in [0, 0.1) is 17.8 Å². The van der Waals surface area contributed by atoms with Crippen molar-refractivity contribution in [2.45, 2.75) is 32.1 Å². The normalized spacial score (nSPS) is 15.9. The molecule has 0 spiro atoms. The standard InChI is InChI=1S/C19H17ClN2/c20-15-11-17-16-10-14(7-6-13-4-2-1-3-5-13)8-9-18(16)22-19(17)21-12-15/h8-13H,1-5H2,(H,21,22). The molecule has 1 fully saturated rings. The molecule has 0 radical (unpaired) electrons. The van der Waals surface area contributed by atoms with Crippen molar-refractivity contribution < 1.29 is 0 Å². The Hall–Kier alpha value is -1.98. The zero-order chi connectivity index (χ0) is 14.9. The van der Waals surface area contributed by atoms with Crippen LogP contribution in [0.1, 0.15) is 37.7 Å². The smallest absolute Gasteiger partial charge is 0.138 e. The maximum absolute atomic E-state index is 6.07. The van der Waals surface area contributed by atoms with Crippen LogP contribution < -0.4 is 0 Å². The lowest BCUT2D eigenvalue weighted by molar-refractivity contribution is 0.430. The van der Waals surface area contributed by atoms with Gasteiger partial charge >= 0.3 is 0 Å². The lowest BCUT2D eigenvalue weighted by Crippen LogP contribution is -2.02. The minimum Gasteiger partial charge on any atom is -0.339 e. The number of aromatic nitrogens is 2. The number of aromatic amines is 1. The SMILES string of the molecule is Clc1cnc2[nH]c3ccc(C#CC4CCCCC4)cc3c2c1. The van der Waals surface area contributed by atoms with Gasteiger partial charge in [-0.1, -0.05) is 42.7 Å². The molecule has 22 heavy (non-hydrogen) atoms. The van der Waals surface area contributed by atoms with Crippen LogP contribution >= 0.6 is 11.6 Å². The number of nitrogens with one attached hydrogen (secondary N) is 1. The van der Waals surface area contributed by atoms with E-state index in [2.05, 4.69) is 40.0 Å². The molecule has 0 saturated heterocycles. The molecule has 3 aromatic rings. The fourth-order valence-electron chi connectivity index (χ4n) is 3.26. The second-order valence-corrected chi connectivity index (χ2v) is 6.48. The molecule has 2 nitrogen and oxygen atoms in total. The van der Waals surface area contributed by atoms with Gasteiger partial charge in [0.1, 0.15) is 5.65 Å². The number of H-pyrrole nitrogens is 1. The predicted molar refractivity (Wildman–Crippen MR) is 92.1 cm³/mol. The number of pyridine rings is 1. The van der Waals surface area contributed by atoms with Gasteiger partial charge in [-0.05, 0) is 37.1 Å². The summed E-state index contributed by atoms with van der Waals surface area (Å²) >= 11 is 6.07. The predicted octanol–water partition coefficient (Wildman–Crippen LogP) is 5.30. The van der Waals surface area contributed by atoms with Crippen molar-refractivity contribution in [1.29, 1.82) is 0 Å². The Labute approximate surface area is 134 Å². The average Bonchev–Trinajstić information content (AvgIpc) is 2.91. The Morgan fingerprint density at radius 3 is 2.82 bits per heavy atom. The number of rotatable bonds is 0. The van der Waals surface area contributed by atoms with Gasteiger partial charge in [-0.2, -0.15) is 0 Å². The highest BCUT2D eigenvalue weighted by molar-refractivity contribution is 6.31. The molecule has 0 aliphatic heterocycles. The largest absolute Gasteiger partial charge is 0.339 e. The summed E-state index contributed by atoms with van der Waals surface area (Å²) in [6, 6.07) is 8.26. The summed E-state index contributed by atoms with van der Waals surface area (Å²) < 4.78 is 0. The van der Waals surface area contributed by atoms with Crippen molar-refractivity contribution in [2.75, 3.05) is 0 Å². The molecule has 2 aromatic heterocycles. The van der Waals surface area contributed by atoms with Gasteiger partial charge in [-0.3, -0.25) is 0 Å². The summed E-state index contributed by atoms with van der Waals surface area (Å²) in [5.74, 6) is 7.38. The van der Waals surface area contributed by atoms with Gasteiger partial charge < -0.3 is 4.98 Å². The van der Waals surface area contributed by atoms with Crippen LogP contribution in [0.4, 0.5) is 0 Å². The lowest BCUT2D eigenvalue weighted by atomic mass is 9.89. The maximum atomic E-state index is 6.07. The Balaban J connectivity index is 1.74. The van der Waals surface area contributed by atoms with E-state index in [0.29, 0.717) is 10.9 Å². The first-order valence-electron chi connectivity index (χ1n) is 7.88. The summed E-state index contributed by atoms with van der Waals surface area (Å²) in [6.07, 6.45) is 8.19. The number of halogens is 1. The highest BCUT2D eigenvalue weighted by Gasteiger charge is 2.10. The van der Waals surface area contributed by atoms with Crippen LogP contribution in [0.25, 0.3) is 21.9 Å². The fraction of sp³-hybridized carbons (Fsp3) is 0.316. The molecule has 1 aliphatic rings. The highest BCUT2D eigenvalue weighted by Crippen LogP contribution is 2.27. The minimum atomic E-state index is 0.573. The fourth-order valence-corrected chi connectivity index (χ4v) is 3.42. The molecule has 4 rings (SSSR count). The van der Waals surface area contributed by atoms with E-state index >= 15 is 0 Å². The van der Waals surface area contributed by atoms with E-state index in [9.17, 15) is 0 Å². The third-order valence-corrected chi connectivity index (χ3v) is 4.65. The topological polar surface area (TPSA) is 28.7 Å². The minimum absolute atomic E-state index is 0.573. The van der Waals surface area contributed by atoms with E-state index in [-0.39, 0.29) is 0 Å². The van der Waals surface area contributed by atoms with Crippen molar-refractivity contribution >= 4 is 33.5 Å². The monoisotopic (exact) mass is 308 g/mol. The maximum Gasteiger partial charge on any atom is 0.138 e. The molecule has 1 saturated carbocycles. The first kappa shape index (κ1) is 13.7. The van der Waals surface area contributed by atoms with Gasteiger partial charge in [0.25, 0.3) is 0 Å². The van der Waals surface area contributed by atoms with Crippen LogP contribution in [0.3, 0.4) is 0 Å². The van der Waals surface area contributed by atoms with E-state index in [4.69, 9.17) is 11.6 Å². The van der Waals surface area contributed by atoms with Crippen LogP contribution in [-0.4, -0.2) is 9.97 Å². The van der Waals surface area contributed by atoms with Crippen molar-refractivity contribution in [3.63, 3.8) is 0 Å². The van der Waals surface area contributed by atoms with Crippen molar-refractivity contribution in [2.24, 2.45) is 5.92 Å². The van der Waals surface area contributed by atoms with E-state index in [0.717, 1.165) is 27.5 Å². The molecule has 0 bridgehead atoms. The second-order valence-electron chi connectivity index (χ2n) is 6.04. The van der Waals surface area contributed by atoms with Crippen molar-refractivity contribution in [1.82, 2.24) is 9.97 Å². The van der Waals surface area contributed by atoms with Crippen LogP contribution in [0.5, 0.6) is 0 Å². The van der Waals surface area contributed by atoms with Crippen molar-refractivity contribution in [3.05, 3.63) is 41.0 Å².